The highest BCUT2D eigenvalue weighted by Crippen LogP contribution is 2.28. The molecule has 0 unspecified atom stereocenters. The van der Waals surface area contributed by atoms with Gasteiger partial charge in [0.05, 0.1) is 26.4 Å². The third kappa shape index (κ3) is 6.64. The number of anilines is 1. The second-order valence-corrected chi connectivity index (χ2v) is 12.6. The third-order valence-electron chi connectivity index (χ3n) is 5.33. The maximum atomic E-state index is 13.8. The molecule has 0 aliphatic heterocycles. The predicted octanol–water partition coefficient (Wildman–Crippen LogP) is 4.40. The molecular weight excluding hydrogens is 545 g/mol. The second kappa shape index (κ2) is 10.9. The molecule has 0 aliphatic carbocycles. The topological polar surface area (TPSA) is 127 Å². The Morgan fingerprint density at radius 3 is 2.00 bits per heavy atom. The van der Waals surface area contributed by atoms with E-state index >= 15 is 0 Å². The number of sulfonamides is 2. The first-order valence-corrected chi connectivity index (χ1v) is 14.4. The van der Waals surface area contributed by atoms with Gasteiger partial charge in [0.2, 0.25) is 26.0 Å². The fraction of sp³-hybridized carbons (Fsp3) is 0.208. The number of carbonyl (C=O) groups is 1. The van der Waals surface area contributed by atoms with E-state index in [1.807, 2.05) is 6.92 Å². The Kier molecular flexibility index (Phi) is 8.49. The van der Waals surface area contributed by atoms with Gasteiger partial charge in [0, 0.05) is 12.2 Å². The van der Waals surface area contributed by atoms with Crippen molar-refractivity contribution in [1.29, 1.82) is 0 Å². The van der Waals surface area contributed by atoms with Crippen LogP contribution in [0.3, 0.4) is 0 Å². The normalized spacial score (nSPS) is 12.1. The lowest BCUT2D eigenvalue weighted by Gasteiger charge is -2.24. The van der Waals surface area contributed by atoms with Crippen LogP contribution in [0.4, 0.5) is 5.69 Å². The molecule has 0 atom stereocenters. The Labute approximate surface area is 221 Å². The minimum Gasteiger partial charge on any atom is -0.325 e. The van der Waals surface area contributed by atoms with Gasteiger partial charge in [0.15, 0.2) is 0 Å². The van der Waals surface area contributed by atoms with Crippen molar-refractivity contribution in [3.8, 4) is 0 Å². The number of primary sulfonamides is 1. The highest BCUT2D eigenvalue weighted by Gasteiger charge is 2.30. The molecule has 36 heavy (non-hydrogen) atoms. The lowest BCUT2D eigenvalue weighted by Crippen LogP contribution is -2.38. The van der Waals surface area contributed by atoms with Gasteiger partial charge in [-0.05, 0) is 73.9 Å². The molecule has 3 aromatic rings. The lowest BCUT2D eigenvalue weighted by atomic mass is 10.1. The largest absolute Gasteiger partial charge is 0.325 e. The van der Waals surface area contributed by atoms with Gasteiger partial charge in [0.25, 0.3) is 0 Å². The first kappa shape index (κ1) is 28.1. The van der Waals surface area contributed by atoms with Gasteiger partial charge in [-0.1, -0.05) is 47.0 Å². The van der Waals surface area contributed by atoms with Crippen molar-refractivity contribution in [1.82, 2.24) is 4.31 Å². The molecule has 3 aromatic carbocycles. The van der Waals surface area contributed by atoms with Crippen LogP contribution in [-0.2, 0) is 31.4 Å². The van der Waals surface area contributed by atoms with Crippen LogP contribution < -0.4 is 10.5 Å². The van der Waals surface area contributed by atoms with Crippen molar-refractivity contribution in [2.45, 2.75) is 37.1 Å². The Balaban J connectivity index is 1.95. The number of benzene rings is 3. The van der Waals surface area contributed by atoms with Crippen LogP contribution >= 0.6 is 23.2 Å². The number of aryl methyl sites for hydroxylation is 3. The number of halogens is 2. The molecule has 0 aliphatic rings. The Morgan fingerprint density at radius 2 is 1.47 bits per heavy atom. The smallest absolute Gasteiger partial charge is 0.244 e. The fourth-order valence-corrected chi connectivity index (χ4v) is 6.49. The van der Waals surface area contributed by atoms with E-state index in [9.17, 15) is 21.6 Å². The average Bonchev–Trinajstić information content (AvgIpc) is 2.74. The van der Waals surface area contributed by atoms with Crippen molar-refractivity contribution in [3.05, 3.63) is 86.9 Å². The van der Waals surface area contributed by atoms with Crippen molar-refractivity contribution < 1.29 is 21.6 Å². The molecule has 0 saturated heterocycles. The van der Waals surface area contributed by atoms with E-state index in [1.165, 1.54) is 24.3 Å². The van der Waals surface area contributed by atoms with Crippen molar-refractivity contribution in [3.63, 3.8) is 0 Å². The van der Waals surface area contributed by atoms with Crippen LogP contribution in [0.1, 0.15) is 22.3 Å². The first-order chi connectivity index (χ1) is 16.7. The maximum absolute atomic E-state index is 13.8. The molecule has 0 saturated carbocycles. The van der Waals surface area contributed by atoms with Crippen LogP contribution in [0, 0.1) is 20.8 Å². The fourth-order valence-electron chi connectivity index (χ4n) is 3.86. The number of nitrogens with zero attached hydrogens (tertiary/aromatic N) is 1. The summed E-state index contributed by atoms with van der Waals surface area (Å²) in [5.41, 5.74) is 2.86. The van der Waals surface area contributed by atoms with E-state index in [2.05, 4.69) is 5.32 Å². The summed E-state index contributed by atoms with van der Waals surface area (Å²) < 4.78 is 51.5. The number of rotatable bonds is 8. The summed E-state index contributed by atoms with van der Waals surface area (Å²) in [4.78, 5) is 12.9. The van der Waals surface area contributed by atoms with Gasteiger partial charge in [-0.3, -0.25) is 4.79 Å². The summed E-state index contributed by atoms with van der Waals surface area (Å²) in [6, 6.07) is 13.5. The SMILES string of the molecule is Cc1cc(C)c(S(=O)(=O)N(CC(=O)Nc2ccc(S(N)(=O)=O)cc2)Cc2ccc(Cl)c(Cl)c2)c(C)c1. The molecule has 8 nitrogen and oxygen atoms in total. The number of amides is 1. The molecule has 0 bridgehead atoms. The zero-order valence-corrected chi connectivity index (χ0v) is 22.9. The Bertz CT molecular complexity index is 1500. The van der Waals surface area contributed by atoms with E-state index in [0.29, 0.717) is 21.7 Å². The van der Waals surface area contributed by atoms with E-state index in [4.69, 9.17) is 28.3 Å². The lowest BCUT2D eigenvalue weighted by molar-refractivity contribution is -0.116. The number of hydrogen-bond donors (Lipinski definition) is 2. The standard InChI is InChI=1S/C24H25Cl2N3O5S2/c1-15-10-16(2)24(17(3)11-15)36(33,34)29(13-18-4-9-21(25)22(26)12-18)14-23(30)28-19-5-7-20(8-6-19)35(27,31)32/h4-12H,13-14H2,1-3H3,(H,28,30)(H2,27,31,32). The van der Waals surface area contributed by atoms with Gasteiger partial charge in [0.1, 0.15) is 0 Å². The summed E-state index contributed by atoms with van der Waals surface area (Å²) in [5, 5.41) is 8.27. The predicted molar refractivity (Wildman–Crippen MR) is 141 cm³/mol. The van der Waals surface area contributed by atoms with E-state index in [1.54, 1.807) is 44.2 Å². The number of nitrogens with one attached hydrogen (secondary N) is 1. The van der Waals surface area contributed by atoms with Gasteiger partial charge >= 0.3 is 0 Å². The van der Waals surface area contributed by atoms with Crippen molar-refractivity contribution in [2.24, 2.45) is 5.14 Å². The number of hydrogen-bond acceptors (Lipinski definition) is 5. The van der Waals surface area contributed by atoms with E-state index < -0.39 is 32.5 Å². The summed E-state index contributed by atoms with van der Waals surface area (Å²) in [5.74, 6) is -0.621. The highest BCUT2D eigenvalue weighted by atomic mass is 35.5. The van der Waals surface area contributed by atoms with Gasteiger partial charge < -0.3 is 5.32 Å². The van der Waals surface area contributed by atoms with Gasteiger partial charge in [-0.15, -0.1) is 0 Å². The molecule has 12 heteroatoms. The van der Waals surface area contributed by atoms with Crippen LogP contribution in [0.15, 0.2) is 64.4 Å². The molecule has 3 N–H and O–H groups in total. The van der Waals surface area contributed by atoms with Crippen molar-refractivity contribution in [2.75, 3.05) is 11.9 Å². The Hall–Kier alpha value is -2.47. The third-order valence-corrected chi connectivity index (χ3v) is 9.10. The summed E-state index contributed by atoms with van der Waals surface area (Å²) in [6.07, 6.45) is 0. The molecule has 0 aromatic heterocycles. The quantitative estimate of drug-likeness (QED) is 0.415. The minimum absolute atomic E-state index is 0.116. The summed E-state index contributed by atoms with van der Waals surface area (Å²) in [6.45, 7) is 4.64. The molecule has 0 heterocycles. The van der Waals surface area contributed by atoms with Gasteiger partial charge in [-0.25, -0.2) is 22.0 Å². The van der Waals surface area contributed by atoms with Crippen LogP contribution in [0.5, 0.6) is 0 Å². The van der Waals surface area contributed by atoms with E-state index in [0.717, 1.165) is 9.87 Å². The van der Waals surface area contributed by atoms with Crippen LogP contribution in [0.25, 0.3) is 0 Å². The molecule has 192 valence electrons. The summed E-state index contributed by atoms with van der Waals surface area (Å²) in [7, 11) is -8.00. The monoisotopic (exact) mass is 569 g/mol. The van der Waals surface area contributed by atoms with Crippen LogP contribution in [-0.4, -0.2) is 33.6 Å². The first-order valence-electron chi connectivity index (χ1n) is 10.6. The zero-order valence-electron chi connectivity index (χ0n) is 19.7. The highest BCUT2D eigenvalue weighted by molar-refractivity contribution is 7.89. The summed E-state index contributed by atoms with van der Waals surface area (Å²) >= 11 is 12.1. The van der Waals surface area contributed by atoms with Crippen LogP contribution in [0.2, 0.25) is 10.0 Å². The molecular formula is C24H25Cl2N3O5S2. The minimum atomic E-state index is -4.11. The molecule has 0 spiro atoms. The molecule has 1 amide bonds. The average molecular weight is 571 g/mol. The molecule has 0 fully saturated rings. The molecule has 3 rings (SSSR count). The number of carbonyl (C=O) groups excluding carboxylic acids is 1. The molecule has 0 radical (unpaired) electrons. The van der Waals surface area contributed by atoms with E-state index in [-0.39, 0.29) is 27.0 Å². The van der Waals surface area contributed by atoms with Gasteiger partial charge in [-0.2, -0.15) is 4.31 Å². The second-order valence-electron chi connectivity index (χ2n) is 8.37. The maximum Gasteiger partial charge on any atom is 0.244 e. The zero-order chi connectivity index (χ0) is 26.8. The number of nitrogens with two attached hydrogens (primary N) is 1. The Morgan fingerprint density at radius 1 is 0.889 bits per heavy atom. The van der Waals surface area contributed by atoms with Crippen molar-refractivity contribution >= 4 is 54.8 Å².